The Morgan fingerprint density at radius 3 is 2.59 bits per heavy atom. The summed E-state index contributed by atoms with van der Waals surface area (Å²) < 4.78 is 1.70. The molecule has 0 saturated heterocycles. The molecule has 0 aliphatic heterocycles. The Kier molecular flexibility index (Phi) is 5.56. The number of anilines is 1. The van der Waals surface area contributed by atoms with E-state index >= 15 is 0 Å². The average Bonchev–Trinajstić information content (AvgIpc) is 3.10. The Labute approximate surface area is 159 Å². The Hall–Kier alpha value is -2.73. The molecule has 1 aromatic carbocycles. The molecule has 6 nitrogen and oxygen atoms in total. The SMILES string of the molecule is CC(C)(C)c1ccc(C(=O)Cc2cc(NCCCO)n3nccc3n2)cc1. The van der Waals surface area contributed by atoms with Crippen LogP contribution in [0.3, 0.4) is 0 Å². The van der Waals surface area contributed by atoms with Gasteiger partial charge in [0.25, 0.3) is 0 Å². The summed E-state index contributed by atoms with van der Waals surface area (Å²) in [5.74, 6) is 0.803. The second-order valence-corrected chi connectivity index (χ2v) is 7.67. The van der Waals surface area contributed by atoms with Gasteiger partial charge in [0, 0.05) is 30.8 Å². The fraction of sp³-hybridized carbons (Fsp3) is 0.381. The Balaban J connectivity index is 1.80. The predicted octanol–water partition coefficient (Wildman–Crippen LogP) is 3.25. The third-order valence-electron chi connectivity index (χ3n) is 4.47. The summed E-state index contributed by atoms with van der Waals surface area (Å²) in [6.45, 7) is 7.20. The number of carbonyl (C=O) groups excluding carboxylic acids is 1. The predicted molar refractivity (Wildman–Crippen MR) is 106 cm³/mol. The number of fused-ring (bicyclic) bond motifs is 1. The molecule has 0 unspecified atom stereocenters. The van der Waals surface area contributed by atoms with Crippen molar-refractivity contribution in [3.8, 4) is 0 Å². The highest BCUT2D eigenvalue weighted by atomic mass is 16.3. The third-order valence-corrected chi connectivity index (χ3v) is 4.47. The maximum Gasteiger partial charge on any atom is 0.168 e. The van der Waals surface area contributed by atoms with Crippen LogP contribution in [0.2, 0.25) is 0 Å². The van der Waals surface area contributed by atoms with E-state index in [4.69, 9.17) is 5.11 Å². The number of benzene rings is 1. The third kappa shape index (κ3) is 4.52. The van der Waals surface area contributed by atoms with E-state index in [2.05, 4.69) is 36.2 Å². The molecule has 3 aromatic rings. The molecule has 27 heavy (non-hydrogen) atoms. The van der Waals surface area contributed by atoms with Crippen molar-refractivity contribution in [2.75, 3.05) is 18.5 Å². The van der Waals surface area contributed by atoms with Crippen LogP contribution in [-0.4, -0.2) is 38.6 Å². The fourth-order valence-corrected chi connectivity index (χ4v) is 2.90. The van der Waals surface area contributed by atoms with Crippen LogP contribution in [0.25, 0.3) is 5.65 Å². The fourth-order valence-electron chi connectivity index (χ4n) is 2.90. The molecule has 2 aromatic heterocycles. The van der Waals surface area contributed by atoms with E-state index < -0.39 is 0 Å². The van der Waals surface area contributed by atoms with E-state index in [1.807, 2.05) is 36.4 Å². The van der Waals surface area contributed by atoms with E-state index in [1.54, 1.807) is 10.7 Å². The first kappa shape index (κ1) is 19.0. The number of aromatic nitrogens is 3. The number of aliphatic hydroxyl groups is 1. The molecule has 0 aliphatic rings. The Bertz CT molecular complexity index is 923. The van der Waals surface area contributed by atoms with Gasteiger partial charge in [0.1, 0.15) is 5.82 Å². The molecule has 0 radical (unpaired) electrons. The first-order chi connectivity index (χ1) is 12.9. The van der Waals surface area contributed by atoms with Crippen molar-refractivity contribution in [3.63, 3.8) is 0 Å². The minimum atomic E-state index is 0.0353. The molecule has 142 valence electrons. The largest absolute Gasteiger partial charge is 0.396 e. The van der Waals surface area contributed by atoms with Crippen molar-refractivity contribution >= 4 is 17.2 Å². The van der Waals surface area contributed by atoms with Crippen molar-refractivity contribution in [2.24, 2.45) is 0 Å². The van der Waals surface area contributed by atoms with E-state index in [1.165, 1.54) is 5.56 Å². The zero-order valence-electron chi connectivity index (χ0n) is 16.1. The van der Waals surface area contributed by atoms with Gasteiger partial charge in [0.05, 0.1) is 18.3 Å². The van der Waals surface area contributed by atoms with Crippen LogP contribution in [0.1, 0.15) is 48.8 Å². The van der Waals surface area contributed by atoms with Crippen molar-refractivity contribution in [1.29, 1.82) is 0 Å². The summed E-state index contributed by atoms with van der Waals surface area (Å²) in [6, 6.07) is 11.5. The van der Waals surface area contributed by atoms with Crippen LogP contribution in [0.4, 0.5) is 5.82 Å². The number of hydrogen-bond acceptors (Lipinski definition) is 5. The topological polar surface area (TPSA) is 79.5 Å². The van der Waals surface area contributed by atoms with E-state index in [9.17, 15) is 4.79 Å². The molecule has 3 rings (SSSR count). The summed E-state index contributed by atoms with van der Waals surface area (Å²) in [5.41, 5.74) is 3.33. The van der Waals surface area contributed by atoms with Crippen molar-refractivity contribution in [3.05, 3.63) is 59.4 Å². The van der Waals surface area contributed by atoms with Gasteiger partial charge >= 0.3 is 0 Å². The Morgan fingerprint density at radius 2 is 1.93 bits per heavy atom. The maximum absolute atomic E-state index is 12.7. The number of nitrogens with zero attached hydrogens (tertiary/aromatic N) is 3. The molecule has 0 spiro atoms. The molecule has 0 fully saturated rings. The van der Waals surface area contributed by atoms with Crippen LogP contribution in [0, 0.1) is 0 Å². The van der Waals surface area contributed by atoms with Gasteiger partial charge in [0.2, 0.25) is 0 Å². The molecule has 0 amide bonds. The maximum atomic E-state index is 12.7. The number of hydrogen-bond donors (Lipinski definition) is 2. The first-order valence-electron chi connectivity index (χ1n) is 9.20. The monoisotopic (exact) mass is 366 g/mol. The van der Waals surface area contributed by atoms with Gasteiger partial charge in [-0.1, -0.05) is 45.0 Å². The molecule has 2 heterocycles. The molecular weight excluding hydrogens is 340 g/mol. The van der Waals surface area contributed by atoms with Gasteiger partial charge in [0.15, 0.2) is 11.4 Å². The van der Waals surface area contributed by atoms with E-state index in [-0.39, 0.29) is 24.2 Å². The van der Waals surface area contributed by atoms with Crippen molar-refractivity contribution in [1.82, 2.24) is 14.6 Å². The van der Waals surface area contributed by atoms with Gasteiger partial charge < -0.3 is 10.4 Å². The van der Waals surface area contributed by atoms with Crippen molar-refractivity contribution in [2.45, 2.75) is 39.0 Å². The van der Waals surface area contributed by atoms with E-state index in [0.717, 1.165) is 5.82 Å². The molecule has 0 aliphatic carbocycles. The van der Waals surface area contributed by atoms with Gasteiger partial charge in [-0.15, -0.1) is 0 Å². The smallest absolute Gasteiger partial charge is 0.168 e. The lowest BCUT2D eigenvalue weighted by Crippen LogP contribution is -2.13. The number of aliphatic hydroxyl groups excluding tert-OH is 1. The van der Waals surface area contributed by atoms with Gasteiger partial charge in [-0.25, -0.2) is 4.98 Å². The number of ketones is 1. The minimum absolute atomic E-state index is 0.0353. The summed E-state index contributed by atoms with van der Waals surface area (Å²) in [7, 11) is 0. The lowest BCUT2D eigenvalue weighted by Gasteiger charge is -2.19. The number of rotatable bonds is 7. The van der Waals surface area contributed by atoms with Crippen LogP contribution in [0.5, 0.6) is 0 Å². The van der Waals surface area contributed by atoms with Crippen LogP contribution < -0.4 is 5.32 Å². The minimum Gasteiger partial charge on any atom is -0.396 e. The summed E-state index contributed by atoms with van der Waals surface area (Å²) >= 11 is 0. The zero-order valence-corrected chi connectivity index (χ0v) is 16.1. The normalized spacial score (nSPS) is 11.7. The Morgan fingerprint density at radius 1 is 1.19 bits per heavy atom. The van der Waals surface area contributed by atoms with Gasteiger partial charge in [-0.3, -0.25) is 4.79 Å². The molecule has 6 heteroatoms. The lowest BCUT2D eigenvalue weighted by atomic mass is 9.86. The highest BCUT2D eigenvalue weighted by molar-refractivity contribution is 5.97. The first-order valence-corrected chi connectivity index (χ1v) is 9.20. The second-order valence-electron chi connectivity index (χ2n) is 7.67. The summed E-state index contributed by atoms with van der Waals surface area (Å²) in [5, 5.41) is 16.5. The molecule has 0 atom stereocenters. The van der Waals surface area contributed by atoms with Crippen LogP contribution >= 0.6 is 0 Å². The number of carbonyl (C=O) groups is 1. The number of Topliss-reactive ketones (excluding diaryl/α,β-unsaturated/α-hetero) is 1. The highest BCUT2D eigenvalue weighted by Gasteiger charge is 2.15. The van der Waals surface area contributed by atoms with Crippen molar-refractivity contribution < 1.29 is 9.90 Å². The standard InChI is InChI=1S/C21H26N4O2/c1-21(2,3)16-7-5-15(6-8-16)18(27)13-17-14-20(22-10-4-12-26)25-19(24-17)9-11-23-25/h5-9,11,14,22,26H,4,10,12-13H2,1-3H3. The number of nitrogens with one attached hydrogen (secondary N) is 1. The molecule has 0 bridgehead atoms. The van der Waals surface area contributed by atoms with Crippen LogP contribution in [0.15, 0.2) is 42.6 Å². The molecule has 2 N–H and O–H groups in total. The second kappa shape index (κ2) is 7.88. The molecular formula is C21H26N4O2. The quantitative estimate of drug-likeness (QED) is 0.496. The van der Waals surface area contributed by atoms with Crippen LogP contribution in [-0.2, 0) is 11.8 Å². The zero-order chi connectivity index (χ0) is 19.4. The van der Waals surface area contributed by atoms with E-state index in [0.29, 0.717) is 29.9 Å². The summed E-state index contributed by atoms with van der Waals surface area (Å²) in [4.78, 5) is 17.2. The lowest BCUT2D eigenvalue weighted by molar-refractivity contribution is 0.0992. The summed E-state index contributed by atoms with van der Waals surface area (Å²) in [6.07, 6.45) is 2.54. The van der Waals surface area contributed by atoms with Gasteiger partial charge in [-0.2, -0.15) is 9.61 Å². The average molecular weight is 366 g/mol. The van der Waals surface area contributed by atoms with Gasteiger partial charge in [-0.05, 0) is 17.4 Å². The molecule has 0 saturated carbocycles. The highest BCUT2D eigenvalue weighted by Crippen LogP contribution is 2.22.